The van der Waals surface area contributed by atoms with E-state index in [9.17, 15) is 21.6 Å². The van der Waals surface area contributed by atoms with E-state index in [1.807, 2.05) is 24.3 Å². The van der Waals surface area contributed by atoms with E-state index in [0.29, 0.717) is 13.0 Å². The maximum absolute atomic E-state index is 12.9. The Labute approximate surface area is 164 Å². The lowest BCUT2D eigenvalue weighted by Crippen LogP contribution is -2.39. The number of sulfonamides is 1. The van der Waals surface area contributed by atoms with Gasteiger partial charge in [0.05, 0.1) is 25.7 Å². The molecule has 2 heterocycles. The second-order valence-corrected chi connectivity index (χ2v) is 9.74. The first-order chi connectivity index (χ1) is 13.2. The van der Waals surface area contributed by atoms with E-state index in [2.05, 4.69) is 4.98 Å². The van der Waals surface area contributed by atoms with E-state index in [4.69, 9.17) is 0 Å². The Morgan fingerprint density at radius 1 is 1.07 bits per heavy atom. The number of aromatic nitrogens is 1. The summed E-state index contributed by atoms with van der Waals surface area (Å²) in [6, 6.07) is 11.4. The molecule has 0 amide bonds. The van der Waals surface area contributed by atoms with Gasteiger partial charge in [-0.2, -0.15) is 17.5 Å². The zero-order valence-corrected chi connectivity index (χ0v) is 16.3. The van der Waals surface area contributed by atoms with Gasteiger partial charge in [0, 0.05) is 19.0 Å². The Kier molecular flexibility index (Phi) is 4.93. The molecule has 0 N–H and O–H groups in total. The zero-order chi connectivity index (χ0) is 19.9. The normalized spacial score (nSPS) is 19.2. The summed E-state index contributed by atoms with van der Waals surface area (Å²) >= 11 is 1.56. The smallest absolute Gasteiger partial charge is 0.241 e. The summed E-state index contributed by atoms with van der Waals surface area (Å²) in [5.74, 6) is -0.0182. The standard InChI is InChI=1S/C19H17F3N2O2S2/c20-19(21,22)14-7-9-15(10-8-14)28(25,26)24-11-3-4-13(12-24)18-23-16-5-1-2-6-17(16)27-18/h1-2,5-10,13H,3-4,11-12H2. The maximum Gasteiger partial charge on any atom is 0.416 e. The molecule has 1 aliphatic rings. The van der Waals surface area contributed by atoms with Gasteiger partial charge in [-0.05, 0) is 49.2 Å². The molecule has 1 aliphatic heterocycles. The van der Waals surface area contributed by atoms with Crippen LogP contribution in [0.3, 0.4) is 0 Å². The number of hydrogen-bond acceptors (Lipinski definition) is 4. The molecule has 1 saturated heterocycles. The molecular formula is C19H17F3N2O2S2. The van der Waals surface area contributed by atoms with Crippen molar-refractivity contribution in [3.05, 3.63) is 59.1 Å². The molecule has 1 unspecified atom stereocenters. The van der Waals surface area contributed by atoms with Gasteiger partial charge in [-0.25, -0.2) is 13.4 Å². The Hall–Kier alpha value is -1.97. The van der Waals surface area contributed by atoms with Gasteiger partial charge in [-0.15, -0.1) is 11.3 Å². The third-order valence-corrected chi connectivity index (χ3v) is 7.94. The van der Waals surface area contributed by atoms with Gasteiger partial charge < -0.3 is 0 Å². The fourth-order valence-corrected chi connectivity index (χ4v) is 6.01. The molecule has 2 aromatic carbocycles. The van der Waals surface area contributed by atoms with E-state index < -0.39 is 21.8 Å². The van der Waals surface area contributed by atoms with Crippen molar-refractivity contribution in [3.8, 4) is 0 Å². The molecule has 4 rings (SSSR count). The van der Waals surface area contributed by atoms with Gasteiger partial charge in [-0.3, -0.25) is 0 Å². The zero-order valence-electron chi connectivity index (χ0n) is 14.7. The quantitative estimate of drug-likeness (QED) is 0.600. The van der Waals surface area contributed by atoms with Crippen molar-refractivity contribution in [1.29, 1.82) is 0 Å². The molecule has 0 radical (unpaired) electrons. The van der Waals surface area contributed by atoms with Crippen LogP contribution in [0.25, 0.3) is 10.2 Å². The van der Waals surface area contributed by atoms with Crippen molar-refractivity contribution in [1.82, 2.24) is 9.29 Å². The SMILES string of the molecule is O=S(=O)(c1ccc(C(F)(F)F)cc1)N1CCCC(c2nc3ccccc3s2)C1. The van der Waals surface area contributed by atoms with Crippen LogP contribution in [-0.4, -0.2) is 30.8 Å². The predicted molar refractivity (Wildman–Crippen MR) is 102 cm³/mol. The molecule has 1 fully saturated rings. The summed E-state index contributed by atoms with van der Waals surface area (Å²) in [5, 5.41) is 0.897. The fourth-order valence-electron chi connectivity index (χ4n) is 3.39. The van der Waals surface area contributed by atoms with Crippen LogP contribution in [0.2, 0.25) is 0 Å². The van der Waals surface area contributed by atoms with Crippen LogP contribution in [-0.2, 0) is 16.2 Å². The van der Waals surface area contributed by atoms with Crippen LogP contribution < -0.4 is 0 Å². The monoisotopic (exact) mass is 426 g/mol. The molecule has 4 nitrogen and oxygen atoms in total. The van der Waals surface area contributed by atoms with Crippen molar-refractivity contribution in [3.63, 3.8) is 0 Å². The summed E-state index contributed by atoms with van der Waals surface area (Å²) in [6.45, 7) is 0.633. The summed E-state index contributed by atoms with van der Waals surface area (Å²) in [4.78, 5) is 4.52. The Balaban J connectivity index is 1.58. The minimum absolute atomic E-state index is 0.0182. The molecule has 28 heavy (non-hydrogen) atoms. The van der Waals surface area contributed by atoms with Crippen LogP contribution in [0.4, 0.5) is 13.2 Å². The van der Waals surface area contributed by atoms with Crippen molar-refractivity contribution < 1.29 is 21.6 Å². The molecule has 0 bridgehead atoms. The maximum atomic E-state index is 12.9. The molecule has 148 valence electrons. The number of alkyl halides is 3. The number of rotatable bonds is 3. The predicted octanol–water partition coefficient (Wildman–Crippen LogP) is 4.88. The molecule has 3 aromatic rings. The highest BCUT2D eigenvalue weighted by molar-refractivity contribution is 7.89. The minimum Gasteiger partial charge on any atom is -0.241 e. The van der Waals surface area contributed by atoms with Crippen molar-refractivity contribution in [2.45, 2.75) is 29.8 Å². The number of nitrogens with zero attached hydrogens (tertiary/aromatic N) is 2. The second-order valence-electron chi connectivity index (χ2n) is 6.74. The third kappa shape index (κ3) is 3.66. The summed E-state index contributed by atoms with van der Waals surface area (Å²) in [7, 11) is -3.85. The average Bonchev–Trinajstić information content (AvgIpc) is 3.12. The number of para-hydroxylation sites is 1. The van der Waals surface area contributed by atoms with Crippen LogP contribution in [0.15, 0.2) is 53.4 Å². The average molecular weight is 426 g/mol. The first-order valence-electron chi connectivity index (χ1n) is 8.78. The molecule has 0 spiro atoms. The van der Waals surface area contributed by atoms with Crippen molar-refractivity contribution in [2.24, 2.45) is 0 Å². The molecule has 0 aliphatic carbocycles. The third-order valence-electron chi connectivity index (χ3n) is 4.86. The highest BCUT2D eigenvalue weighted by Gasteiger charge is 2.34. The summed E-state index contributed by atoms with van der Waals surface area (Å²) in [6.07, 6.45) is -2.98. The van der Waals surface area contributed by atoms with Crippen LogP contribution in [0, 0.1) is 0 Å². The van der Waals surface area contributed by atoms with Crippen molar-refractivity contribution in [2.75, 3.05) is 13.1 Å². The van der Waals surface area contributed by atoms with Crippen molar-refractivity contribution >= 4 is 31.6 Å². The van der Waals surface area contributed by atoms with Gasteiger partial charge >= 0.3 is 6.18 Å². The first-order valence-corrected chi connectivity index (χ1v) is 11.0. The van der Waals surface area contributed by atoms with E-state index in [1.54, 1.807) is 11.3 Å². The Bertz CT molecular complexity index is 1060. The largest absolute Gasteiger partial charge is 0.416 e. The van der Waals surface area contributed by atoms with E-state index in [1.165, 1.54) is 4.31 Å². The van der Waals surface area contributed by atoms with Gasteiger partial charge in [0.25, 0.3) is 0 Å². The van der Waals surface area contributed by atoms with E-state index in [0.717, 1.165) is 45.9 Å². The van der Waals surface area contributed by atoms with E-state index in [-0.39, 0.29) is 17.4 Å². The summed E-state index contributed by atoms with van der Waals surface area (Å²) in [5.41, 5.74) is 0.0302. The molecule has 1 atom stereocenters. The number of fused-ring (bicyclic) bond motifs is 1. The number of piperidine rings is 1. The topological polar surface area (TPSA) is 50.3 Å². The fraction of sp³-hybridized carbons (Fsp3) is 0.316. The number of hydrogen-bond donors (Lipinski definition) is 0. The highest BCUT2D eigenvalue weighted by Crippen LogP contribution is 2.35. The van der Waals surface area contributed by atoms with Gasteiger partial charge in [0.15, 0.2) is 0 Å². The summed E-state index contributed by atoms with van der Waals surface area (Å²) < 4.78 is 66.5. The van der Waals surface area contributed by atoms with Gasteiger partial charge in [-0.1, -0.05) is 12.1 Å². The molecule has 1 aromatic heterocycles. The number of benzene rings is 2. The lowest BCUT2D eigenvalue weighted by Gasteiger charge is -2.31. The molecule has 0 saturated carbocycles. The van der Waals surface area contributed by atoms with Crippen LogP contribution in [0.1, 0.15) is 29.3 Å². The number of thiazole rings is 1. The lowest BCUT2D eigenvalue weighted by molar-refractivity contribution is -0.137. The molecule has 9 heteroatoms. The van der Waals surface area contributed by atoms with Gasteiger partial charge in [0.1, 0.15) is 0 Å². The second kappa shape index (κ2) is 7.13. The van der Waals surface area contributed by atoms with E-state index >= 15 is 0 Å². The van der Waals surface area contributed by atoms with Crippen LogP contribution >= 0.6 is 11.3 Å². The molecular weight excluding hydrogens is 409 g/mol. The Morgan fingerprint density at radius 2 is 1.79 bits per heavy atom. The van der Waals surface area contributed by atoms with Gasteiger partial charge in [0.2, 0.25) is 10.0 Å². The lowest BCUT2D eigenvalue weighted by atomic mass is 10.0. The number of halogens is 3. The first kappa shape index (κ1) is 19.4. The Morgan fingerprint density at radius 3 is 2.46 bits per heavy atom. The highest BCUT2D eigenvalue weighted by atomic mass is 32.2. The minimum atomic E-state index is -4.49. The van der Waals surface area contributed by atoms with Crippen LogP contribution in [0.5, 0.6) is 0 Å².